The number of para-hydroxylation sites is 2. The first-order valence-corrected chi connectivity index (χ1v) is 11.8. The zero-order valence-electron chi connectivity index (χ0n) is 29.1. The molecule has 5 heteroatoms. The zero-order chi connectivity index (χ0) is 32.8. The third-order valence-corrected chi connectivity index (χ3v) is 7.37. The normalized spacial score (nSPS) is 16.6. The smallest absolute Gasteiger partial charge is 0.233 e. The Morgan fingerprint density at radius 1 is 0.568 bits per heavy atom. The van der Waals surface area contributed by atoms with Gasteiger partial charge in [0.1, 0.15) is 11.4 Å². The topological polar surface area (TPSA) is 35.6 Å². The van der Waals surface area contributed by atoms with E-state index in [-0.39, 0.29) is 53.4 Å². The van der Waals surface area contributed by atoms with Crippen molar-refractivity contribution < 1.29 is 13.7 Å². The Kier molecular flexibility index (Phi) is 2.29. The van der Waals surface area contributed by atoms with Gasteiger partial charge in [0.25, 0.3) is 6.71 Å². The number of fused-ring (bicyclic) bond motifs is 4. The maximum Gasteiger partial charge on any atom is 0.252 e. The molecule has 0 saturated carbocycles. The second-order valence-electron chi connectivity index (χ2n) is 9.15. The summed E-state index contributed by atoms with van der Waals surface area (Å²) >= 11 is 0. The highest BCUT2D eigenvalue weighted by atomic mass is 15.3. The summed E-state index contributed by atoms with van der Waals surface area (Å²) in [6.07, 6.45) is 0. The molecule has 0 spiro atoms. The Balaban J connectivity index is 1.37. The number of hydrogen-bond donors (Lipinski definition) is 0. The van der Waals surface area contributed by atoms with Gasteiger partial charge in [-0.15, -0.1) is 0 Å². The molecule has 170 valence electrons. The minimum absolute atomic E-state index is 0.0289. The van der Waals surface area contributed by atoms with Gasteiger partial charge in [0.2, 0.25) is 0 Å². The van der Waals surface area contributed by atoms with E-state index in [4.69, 9.17) is 23.9 Å². The lowest BCUT2D eigenvalue weighted by atomic mass is 9.34. The van der Waals surface area contributed by atoms with Crippen LogP contribution >= 0.6 is 0 Å². The van der Waals surface area contributed by atoms with Crippen molar-refractivity contribution in [2.75, 3.05) is 0 Å². The van der Waals surface area contributed by atoms with Crippen molar-refractivity contribution in [1.82, 2.24) is 19.6 Å². The van der Waals surface area contributed by atoms with E-state index in [0.717, 1.165) is 38.8 Å². The average molecular weight is 480 g/mol. The molecule has 2 aromatic heterocycles. The first kappa shape index (κ1) is 12.4. The predicted molar refractivity (Wildman–Crippen MR) is 151 cm³/mol. The van der Waals surface area contributed by atoms with Crippen LogP contribution in [0.4, 0.5) is 0 Å². The molecule has 0 atom stereocenters. The Hall–Kier alpha value is -4.90. The molecule has 2 aliphatic heterocycles. The van der Waals surface area contributed by atoms with Crippen LogP contribution in [0.15, 0.2) is 115 Å². The summed E-state index contributed by atoms with van der Waals surface area (Å²) in [6.45, 7) is -0.303. The summed E-state index contributed by atoms with van der Waals surface area (Å²) < 4.78 is 87.4. The molecule has 5 aromatic carbocycles. The molecule has 0 bridgehead atoms. The third kappa shape index (κ3) is 2.39. The number of hydrogen-bond acceptors (Lipinski definition) is 2. The van der Waals surface area contributed by atoms with Crippen molar-refractivity contribution in [3.8, 4) is 33.9 Å². The molecule has 37 heavy (non-hydrogen) atoms. The highest BCUT2D eigenvalue weighted by Crippen LogP contribution is 2.35. The monoisotopic (exact) mass is 480 g/mol. The van der Waals surface area contributed by atoms with Crippen molar-refractivity contribution in [1.29, 1.82) is 0 Å². The van der Waals surface area contributed by atoms with E-state index in [1.165, 1.54) is 0 Å². The molecule has 4 heterocycles. The second kappa shape index (κ2) is 6.86. The van der Waals surface area contributed by atoms with Gasteiger partial charge in [0.15, 0.2) is 0 Å². The van der Waals surface area contributed by atoms with Gasteiger partial charge in [-0.3, -0.25) is 0 Å². The Bertz CT molecular complexity index is 2380. The minimum Gasteiger partial charge on any atom is -0.233 e. The number of nitrogens with zero attached hydrogens (tertiary/aromatic N) is 4. The van der Waals surface area contributed by atoms with E-state index < -0.39 is 36.3 Å². The van der Waals surface area contributed by atoms with Crippen LogP contribution in [0.2, 0.25) is 0 Å². The lowest BCUT2D eigenvalue weighted by molar-refractivity contribution is 0.895. The van der Waals surface area contributed by atoms with Crippen LogP contribution < -0.4 is 16.4 Å². The molecule has 0 unspecified atom stereocenters. The van der Waals surface area contributed by atoms with Gasteiger partial charge >= 0.3 is 0 Å². The van der Waals surface area contributed by atoms with Crippen LogP contribution in [0.5, 0.6) is 0 Å². The Morgan fingerprint density at radius 2 is 1.03 bits per heavy atom. The quantitative estimate of drug-likeness (QED) is 0.332. The Labute approximate surface area is 227 Å². The standard InChI is InChI=1S/C32H19BN4/c1-3-10-20(11-4-1)29-22-14-7-16-24-31(22)36(34-29)26-18-9-19-27-28(26)33(24)25-17-8-15-23-30(35-37(27)32(23)25)21-12-5-2-6-13-21/h1-19H/i1D,2D,3D,4D,5D,6D,10D,11D,12D,13D. The van der Waals surface area contributed by atoms with Crippen molar-refractivity contribution in [2.45, 2.75) is 0 Å². The lowest BCUT2D eigenvalue weighted by Crippen LogP contribution is -2.59. The van der Waals surface area contributed by atoms with Crippen molar-refractivity contribution >= 4 is 44.9 Å². The largest absolute Gasteiger partial charge is 0.252 e. The molecule has 0 amide bonds. The number of aromatic nitrogens is 4. The molecule has 0 fully saturated rings. The highest BCUT2D eigenvalue weighted by Gasteiger charge is 2.40. The van der Waals surface area contributed by atoms with Crippen LogP contribution in [0.25, 0.3) is 55.7 Å². The van der Waals surface area contributed by atoms with Gasteiger partial charge in [-0.05, 0) is 28.5 Å². The molecule has 9 rings (SSSR count). The van der Waals surface area contributed by atoms with Crippen molar-refractivity contribution in [3.63, 3.8) is 0 Å². The predicted octanol–water partition coefficient (Wildman–Crippen LogP) is 4.84. The molecular weight excluding hydrogens is 451 g/mol. The first-order valence-electron chi connectivity index (χ1n) is 16.8. The van der Waals surface area contributed by atoms with Gasteiger partial charge in [-0.1, -0.05) is 103 Å². The summed E-state index contributed by atoms with van der Waals surface area (Å²) in [5.41, 5.74) is 6.29. The lowest BCUT2D eigenvalue weighted by Gasteiger charge is -2.31. The second-order valence-corrected chi connectivity index (χ2v) is 9.15. The molecule has 0 radical (unpaired) electrons. The fraction of sp³-hybridized carbons (Fsp3) is 0. The van der Waals surface area contributed by atoms with E-state index in [1.54, 1.807) is 9.36 Å². The van der Waals surface area contributed by atoms with Crippen LogP contribution in [0, 0.1) is 0 Å². The maximum absolute atomic E-state index is 8.66. The molecule has 4 nitrogen and oxygen atoms in total. The van der Waals surface area contributed by atoms with Gasteiger partial charge in [0, 0.05) is 21.9 Å². The maximum atomic E-state index is 8.66. The summed E-state index contributed by atoms with van der Waals surface area (Å²) in [5, 5.41) is 11.1. The van der Waals surface area contributed by atoms with Gasteiger partial charge in [0.05, 0.1) is 36.1 Å². The van der Waals surface area contributed by atoms with E-state index >= 15 is 0 Å². The van der Waals surface area contributed by atoms with Gasteiger partial charge in [-0.25, -0.2) is 9.36 Å². The fourth-order valence-corrected chi connectivity index (χ4v) is 5.99. The molecule has 0 N–H and O–H groups in total. The summed E-state index contributed by atoms with van der Waals surface area (Å²) in [6, 6.07) is 13.2. The minimum atomic E-state index is -0.469. The highest BCUT2D eigenvalue weighted by molar-refractivity contribution is 7.00. The Morgan fingerprint density at radius 3 is 1.51 bits per heavy atom. The molecule has 2 aliphatic rings. The van der Waals surface area contributed by atoms with Gasteiger partial charge in [-0.2, -0.15) is 10.2 Å². The van der Waals surface area contributed by atoms with E-state index in [0.29, 0.717) is 10.8 Å². The zero-order valence-corrected chi connectivity index (χ0v) is 19.1. The van der Waals surface area contributed by atoms with E-state index in [9.17, 15) is 0 Å². The van der Waals surface area contributed by atoms with E-state index in [2.05, 4.69) is 0 Å². The van der Waals surface area contributed by atoms with Crippen LogP contribution in [0.1, 0.15) is 13.7 Å². The summed E-state index contributed by atoms with van der Waals surface area (Å²) in [5.74, 6) is 0. The van der Waals surface area contributed by atoms with Crippen LogP contribution in [-0.4, -0.2) is 26.3 Å². The third-order valence-electron chi connectivity index (χ3n) is 7.37. The molecule has 0 aliphatic carbocycles. The number of benzene rings is 5. The van der Waals surface area contributed by atoms with Crippen molar-refractivity contribution in [2.24, 2.45) is 0 Å². The molecule has 0 saturated heterocycles. The first-order chi connectivity index (χ1) is 22.5. The fourth-order valence-electron chi connectivity index (χ4n) is 5.99. The summed E-state index contributed by atoms with van der Waals surface area (Å²) in [7, 11) is 0. The molecule has 7 aromatic rings. The number of rotatable bonds is 2. The van der Waals surface area contributed by atoms with Crippen molar-refractivity contribution in [3.05, 3.63) is 115 Å². The van der Waals surface area contributed by atoms with Crippen LogP contribution in [-0.2, 0) is 0 Å². The van der Waals surface area contributed by atoms with E-state index in [1.807, 2.05) is 54.6 Å². The SMILES string of the molecule is [2H]c1c([2H])c([2H])c(-c2nn3c4c(cccc24)B2c4c-3cccc4-n3nc(-c4c([2H])c([2H])c([2H])c([2H])c4[2H])c4cccc2c43)c([2H])c1[2H]. The average Bonchev–Trinajstić information content (AvgIpc) is 3.65. The molecular formula is C32H19BN4. The summed E-state index contributed by atoms with van der Waals surface area (Å²) in [4.78, 5) is 0. The van der Waals surface area contributed by atoms with Gasteiger partial charge < -0.3 is 0 Å². The van der Waals surface area contributed by atoms with Crippen LogP contribution in [0.3, 0.4) is 0 Å².